The molecule has 1 unspecified atom stereocenters. The summed E-state index contributed by atoms with van der Waals surface area (Å²) in [4.78, 5) is 43.4. The molecule has 0 spiro atoms. The first-order valence-corrected chi connectivity index (χ1v) is 11.3. The number of aliphatic hydroxyl groups is 1. The van der Waals surface area contributed by atoms with Crippen LogP contribution in [0.25, 0.3) is 16.7 Å². The van der Waals surface area contributed by atoms with E-state index < -0.39 is 75.6 Å². The molecule has 2 fully saturated rings. The lowest BCUT2D eigenvalue weighted by molar-refractivity contribution is -0.156. The summed E-state index contributed by atoms with van der Waals surface area (Å²) in [7, 11) is 0. The van der Waals surface area contributed by atoms with Crippen molar-refractivity contribution in [3.63, 3.8) is 0 Å². The van der Waals surface area contributed by atoms with Crippen molar-refractivity contribution in [3.05, 3.63) is 63.4 Å². The third-order valence-corrected chi connectivity index (χ3v) is 6.56. The number of amides is 2. The van der Waals surface area contributed by atoms with Crippen LogP contribution < -0.4 is 16.1 Å². The molecular formula is C24H19F5N4O4. The highest BCUT2D eigenvalue weighted by molar-refractivity contribution is 5.99. The van der Waals surface area contributed by atoms with E-state index in [9.17, 15) is 37.1 Å². The molecule has 0 bridgehead atoms. The first-order chi connectivity index (χ1) is 17.4. The number of carbonyl (C=O) groups excluding carboxylic acids is 2. The van der Waals surface area contributed by atoms with E-state index in [-0.39, 0.29) is 37.0 Å². The highest BCUT2D eigenvalue weighted by Crippen LogP contribution is 2.52. The Morgan fingerprint density at radius 1 is 1.14 bits per heavy atom. The molecule has 1 aliphatic heterocycles. The molecule has 3 heterocycles. The average molecular weight is 522 g/mol. The van der Waals surface area contributed by atoms with Crippen LogP contribution in [-0.4, -0.2) is 45.3 Å². The molecule has 2 aliphatic rings. The molecule has 3 aromatic rings. The van der Waals surface area contributed by atoms with Crippen LogP contribution in [0, 0.1) is 17.6 Å². The minimum atomic E-state index is -4.96. The maximum Gasteiger partial charge on any atom is 0.397 e. The Labute approximate surface area is 205 Å². The molecule has 5 rings (SSSR count). The van der Waals surface area contributed by atoms with Crippen LogP contribution in [0.4, 0.5) is 27.8 Å². The number of hydrogen-bond donors (Lipinski definition) is 2. The molecule has 0 radical (unpaired) electrons. The lowest BCUT2D eigenvalue weighted by Gasteiger charge is -2.28. The molecule has 1 aliphatic carbocycles. The largest absolute Gasteiger partial charge is 0.397 e. The van der Waals surface area contributed by atoms with Gasteiger partial charge in [-0.25, -0.2) is 13.8 Å². The Hall–Kier alpha value is -3.87. The number of primary amides is 1. The Kier molecular flexibility index (Phi) is 5.77. The third-order valence-electron chi connectivity index (χ3n) is 6.56. The number of halogens is 5. The number of benzene rings is 1. The van der Waals surface area contributed by atoms with Crippen LogP contribution in [0.1, 0.15) is 41.2 Å². The average Bonchev–Trinajstić information content (AvgIpc) is 3.56. The number of alkyl halides is 3. The van der Waals surface area contributed by atoms with Gasteiger partial charge in [-0.3, -0.25) is 23.9 Å². The summed E-state index contributed by atoms with van der Waals surface area (Å²) in [6.07, 6.45) is -5.93. The normalized spacial score (nSPS) is 19.0. The number of nitrogens with two attached hydrogens (primary N) is 1. The zero-order valence-electron chi connectivity index (χ0n) is 18.9. The van der Waals surface area contributed by atoms with Gasteiger partial charge in [-0.15, -0.1) is 0 Å². The summed E-state index contributed by atoms with van der Waals surface area (Å²) in [6.45, 7) is -0.161. The lowest BCUT2D eigenvalue weighted by Crippen LogP contribution is -2.35. The number of fused-ring (bicyclic) bond motifs is 1. The molecule has 8 nitrogen and oxygen atoms in total. The number of aliphatic hydroxyl groups excluding tert-OH is 1. The third kappa shape index (κ3) is 4.22. The minimum Gasteiger partial charge on any atom is -0.391 e. The lowest BCUT2D eigenvalue weighted by atomic mass is 9.92. The number of carbonyl (C=O) groups is 2. The fourth-order valence-corrected chi connectivity index (χ4v) is 4.84. The Morgan fingerprint density at radius 2 is 1.84 bits per heavy atom. The molecule has 1 aromatic carbocycles. The van der Waals surface area contributed by atoms with E-state index in [2.05, 4.69) is 4.98 Å². The molecule has 3 N–H and O–H groups in total. The van der Waals surface area contributed by atoms with Crippen LogP contribution in [-0.2, 0) is 4.79 Å². The van der Waals surface area contributed by atoms with Gasteiger partial charge >= 0.3 is 6.18 Å². The van der Waals surface area contributed by atoms with Crippen molar-refractivity contribution >= 4 is 28.7 Å². The zero-order valence-corrected chi connectivity index (χ0v) is 18.9. The van der Waals surface area contributed by atoms with Crippen molar-refractivity contribution in [2.45, 2.75) is 37.5 Å². The van der Waals surface area contributed by atoms with Gasteiger partial charge in [0.25, 0.3) is 5.91 Å². The fourth-order valence-electron chi connectivity index (χ4n) is 4.84. The maximum atomic E-state index is 15.1. The van der Waals surface area contributed by atoms with Crippen molar-refractivity contribution in [1.82, 2.24) is 9.55 Å². The van der Waals surface area contributed by atoms with Gasteiger partial charge in [-0.2, -0.15) is 13.2 Å². The second-order valence-electron chi connectivity index (χ2n) is 9.14. The fraction of sp³-hybridized carbons (Fsp3) is 0.333. The number of β-amino-alcohol motifs (C(OH)–C–C–N with tert-alkyl or cyclic N) is 1. The van der Waals surface area contributed by atoms with Gasteiger partial charge in [-0.1, -0.05) is 0 Å². The van der Waals surface area contributed by atoms with Crippen LogP contribution in [0.2, 0.25) is 0 Å². The van der Waals surface area contributed by atoms with E-state index in [4.69, 9.17) is 5.73 Å². The monoisotopic (exact) mass is 522 g/mol. The van der Waals surface area contributed by atoms with E-state index >= 15 is 4.39 Å². The predicted molar refractivity (Wildman–Crippen MR) is 120 cm³/mol. The summed E-state index contributed by atoms with van der Waals surface area (Å²) >= 11 is 0. The Bertz CT molecular complexity index is 1520. The number of pyridine rings is 2. The smallest absolute Gasteiger partial charge is 0.391 e. The number of aromatic nitrogens is 2. The quantitative estimate of drug-likeness (QED) is 0.500. The summed E-state index contributed by atoms with van der Waals surface area (Å²) < 4.78 is 72.8. The number of nitrogens with zero attached hydrogens (tertiary/aromatic N) is 3. The number of rotatable bonds is 5. The molecule has 2 aromatic heterocycles. The highest BCUT2D eigenvalue weighted by atomic mass is 19.4. The second kappa shape index (κ2) is 8.61. The topological polar surface area (TPSA) is 119 Å². The van der Waals surface area contributed by atoms with Crippen molar-refractivity contribution in [2.75, 3.05) is 11.4 Å². The maximum absolute atomic E-state index is 15.1. The van der Waals surface area contributed by atoms with Crippen LogP contribution in [0.5, 0.6) is 0 Å². The molecule has 1 saturated heterocycles. The van der Waals surface area contributed by atoms with Gasteiger partial charge in [0.05, 0.1) is 41.8 Å². The van der Waals surface area contributed by atoms with Crippen LogP contribution in [0.15, 0.2) is 35.1 Å². The standard InChI is InChI=1S/C24H19F5N4O4/c25-11-3-5-15(14(26)7-11)33-20(19(10-1-2-10)24(27,28)29)18(22(30)37)21(36)13-4-6-16(31-23(13)33)32-9-12(34)8-17(32)35/h3-7,10,12,19,34H,1-2,8-9H2,(H2,30,37)/t12-,19?/m0/s1. The van der Waals surface area contributed by atoms with Crippen LogP contribution >= 0.6 is 0 Å². The van der Waals surface area contributed by atoms with Gasteiger partial charge < -0.3 is 10.8 Å². The van der Waals surface area contributed by atoms with Gasteiger partial charge in [0, 0.05) is 6.07 Å². The summed E-state index contributed by atoms with van der Waals surface area (Å²) in [5.41, 5.74) is 1.30. The van der Waals surface area contributed by atoms with E-state index in [1.165, 1.54) is 6.07 Å². The molecule has 1 saturated carbocycles. The van der Waals surface area contributed by atoms with E-state index in [1.54, 1.807) is 0 Å². The number of anilines is 1. The predicted octanol–water partition coefficient (Wildman–Crippen LogP) is 2.92. The second-order valence-corrected chi connectivity index (χ2v) is 9.14. The van der Waals surface area contributed by atoms with E-state index in [0.29, 0.717) is 10.6 Å². The minimum absolute atomic E-state index is 0.113. The summed E-state index contributed by atoms with van der Waals surface area (Å²) in [6, 6.07) is 4.46. The molecule has 13 heteroatoms. The van der Waals surface area contributed by atoms with Gasteiger partial charge in [0.15, 0.2) is 5.65 Å². The molecule has 2 amide bonds. The van der Waals surface area contributed by atoms with Crippen molar-refractivity contribution in [1.29, 1.82) is 0 Å². The van der Waals surface area contributed by atoms with E-state index in [0.717, 1.165) is 23.1 Å². The summed E-state index contributed by atoms with van der Waals surface area (Å²) in [5, 5.41) is 9.48. The van der Waals surface area contributed by atoms with Gasteiger partial charge in [0.1, 0.15) is 23.0 Å². The first kappa shape index (κ1) is 24.8. The molecule has 194 valence electrons. The first-order valence-electron chi connectivity index (χ1n) is 11.3. The molecule has 37 heavy (non-hydrogen) atoms. The van der Waals surface area contributed by atoms with Gasteiger partial charge in [-0.05, 0) is 43.0 Å². The Balaban J connectivity index is 1.94. The highest BCUT2D eigenvalue weighted by Gasteiger charge is 2.53. The van der Waals surface area contributed by atoms with Crippen LogP contribution in [0.3, 0.4) is 0 Å². The SMILES string of the molecule is NC(=O)c1c(C(C2CC2)C(F)(F)F)n(-c2ccc(F)cc2F)c2nc(N3C[C@@H](O)CC3=O)ccc2c1=O. The number of hydrogen-bond acceptors (Lipinski definition) is 5. The molecular weight excluding hydrogens is 503 g/mol. The van der Waals surface area contributed by atoms with Crippen molar-refractivity contribution in [2.24, 2.45) is 11.7 Å². The van der Waals surface area contributed by atoms with Crippen molar-refractivity contribution < 1.29 is 36.6 Å². The zero-order chi connectivity index (χ0) is 26.8. The summed E-state index contributed by atoms with van der Waals surface area (Å²) in [5.74, 6) is -7.77. The molecule has 2 atom stereocenters. The van der Waals surface area contributed by atoms with Gasteiger partial charge in [0.2, 0.25) is 11.3 Å². The van der Waals surface area contributed by atoms with E-state index in [1.807, 2.05) is 0 Å². The Morgan fingerprint density at radius 3 is 2.38 bits per heavy atom. The van der Waals surface area contributed by atoms with Crippen molar-refractivity contribution in [3.8, 4) is 5.69 Å².